The van der Waals surface area contributed by atoms with E-state index in [0.717, 1.165) is 25.1 Å². The SMILES string of the molecule is CCC(O)c1ccccc1N1CC2CCC(C1)O2. The Morgan fingerprint density at radius 3 is 2.61 bits per heavy atom. The van der Waals surface area contributed by atoms with Crippen molar-refractivity contribution in [3.8, 4) is 0 Å². The fourth-order valence-electron chi connectivity index (χ4n) is 3.09. The monoisotopic (exact) mass is 247 g/mol. The van der Waals surface area contributed by atoms with E-state index in [0.29, 0.717) is 12.2 Å². The summed E-state index contributed by atoms with van der Waals surface area (Å²) in [6.07, 6.45) is 3.53. The van der Waals surface area contributed by atoms with Crippen LogP contribution in [0.3, 0.4) is 0 Å². The molecule has 0 radical (unpaired) electrons. The molecule has 2 saturated heterocycles. The highest BCUT2D eigenvalue weighted by molar-refractivity contribution is 5.55. The maximum absolute atomic E-state index is 10.1. The van der Waals surface area contributed by atoms with Crippen molar-refractivity contribution >= 4 is 5.69 Å². The molecule has 0 spiro atoms. The molecule has 3 nitrogen and oxygen atoms in total. The Labute approximate surface area is 108 Å². The zero-order chi connectivity index (χ0) is 12.5. The second-order valence-electron chi connectivity index (χ2n) is 5.35. The first kappa shape index (κ1) is 12.0. The van der Waals surface area contributed by atoms with Gasteiger partial charge in [-0.25, -0.2) is 0 Å². The minimum absolute atomic E-state index is 0.360. The topological polar surface area (TPSA) is 32.7 Å². The normalized spacial score (nSPS) is 28.4. The molecule has 1 N–H and O–H groups in total. The van der Waals surface area contributed by atoms with Crippen molar-refractivity contribution < 1.29 is 9.84 Å². The van der Waals surface area contributed by atoms with E-state index in [2.05, 4.69) is 17.0 Å². The zero-order valence-electron chi connectivity index (χ0n) is 10.9. The summed E-state index contributed by atoms with van der Waals surface area (Å²) in [6.45, 7) is 3.94. The van der Waals surface area contributed by atoms with Crippen LogP contribution < -0.4 is 4.90 Å². The Bertz CT molecular complexity index is 409. The van der Waals surface area contributed by atoms with Gasteiger partial charge in [0.15, 0.2) is 0 Å². The second kappa shape index (κ2) is 4.90. The van der Waals surface area contributed by atoms with Crippen LogP contribution in [0.25, 0.3) is 0 Å². The highest BCUT2D eigenvalue weighted by Crippen LogP contribution is 2.34. The molecule has 0 aliphatic carbocycles. The molecular formula is C15H21NO2. The number of aliphatic hydroxyl groups is 1. The third kappa shape index (κ3) is 2.13. The number of anilines is 1. The molecule has 3 rings (SSSR count). The molecule has 2 fully saturated rings. The second-order valence-corrected chi connectivity index (χ2v) is 5.35. The molecule has 3 heteroatoms. The van der Waals surface area contributed by atoms with Crippen LogP contribution in [-0.4, -0.2) is 30.4 Å². The molecule has 2 heterocycles. The Balaban J connectivity index is 1.87. The predicted molar refractivity (Wildman–Crippen MR) is 71.8 cm³/mol. The van der Waals surface area contributed by atoms with Crippen LogP contribution in [0.4, 0.5) is 5.69 Å². The van der Waals surface area contributed by atoms with E-state index < -0.39 is 0 Å². The van der Waals surface area contributed by atoms with Gasteiger partial charge in [-0.1, -0.05) is 25.1 Å². The average Bonchev–Trinajstić information content (AvgIpc) is 2.76. The molecule has 1 aromatic carbocycles. The smallest absolute Gasteiger partial charge is 0.0807 e. The van der Waals surface area contributed by atoms with Crippen LogP contribution >= 0.6 is 0 Å². The van der Waals surface area contributed by atoms with Gasteiger partial charge >= 0.3 is 0 Å². The number of rotatable bonds is 3. The van der Waals surface area contributed by atoms with Crippen molar-refractivity contribution in [2.24, 2.45) is 0 Å². The molecule has 18 heavy (non-hydrogen) atoms. The quantitative estimate of drug-likeness (QED) is 0.890. The van der Waals surface area contributed by atoms with E-state index in [1.807, 2.05) is 19.1 Å². The van der Waals surface area contributed by atoms with Crippen molar-refractivity contribution in [1.82, 2.24) is 0 Å². The Hall–Kier alpha value is -1.06. The van der Waals surface area contributed by atoms with Gasteiger partial charge in [-0.2, -0.15) is 0 Å². The Kier molecular flexibility index (Phi) is 3.27. The summed E-state index contributed by atoms with van der Waals surface area (Å²) in [5.41, 5.74) is 2.24. The number of aliphatic hydroxyl groups excluding tert-OH is 1. The first-order chi connectivity index (χ1) is 8.78. The van der Waals surface area contributed by atoms with Gasteiger partial charge in [-0.05, 0) is 25.3 Å². The highest BCUT2D eigenvalue weighted by Gasteiger charge is 2.34. The number of fused-ring (bicyclic) bond motifs is 2. The molecule has 98 valence electrons. The first-order valence-electron chi connectivity index (χ1n) is 6.95. The number of hydrogen-bond donors (Lipinski definition) is 1. The molecule has 0 aromatic heterocycles. The summed E-state index contributed by atoms with van der Waals surface area (Å²) < 4.78 is 5.87. The Morgan fingerprint density at radius 1 is 1.28 bits per heavy atom. The van der Waals surface area contributed by atoms with Gasteiger partial charge in [0.05, 0.1) is 18.3 Å². The van der Waals surface area contributed by atoms with Crippen molar-refractivity contribution in [3.63, 3.8) is 0 Å². The highest BCUT2D eigenvalue weighted by atomic mass is 16.5. The maximum atomic E-state index is 10.1. The van der Waals surface area contributed by atoms with Gasteiger partial charge < -0.3 is 14.7 Å². The zero-order valence-corrected chi connectivity index (χ0v) is 10.9. The third-order valence-electron chi connectivity index (χ3n) is 4.07. The van der Waals surface area contributed by atoms with Gasteiger partial charge in [-0.3, -0.25) is 0 Å². The molecular weight excluding hydrogens is 226 g/mol. The lowest BCUT2D eigenvalue weighted by molar-refractivity contribution is 0.0302. The predicted octanol–water partition coefficient (Wildman–Crippen LogP) is 2.50. The van der Waals surface area contributed by atoms with Crippen LogP contribution in [0, 0.1) is 0 Å². The average molecular weight is 247 g/mol. The van der Waals surface area contributed by atoms with Crippen LogP contribution in [-0.2, 0) is 4.74 Å². The molecule has 2 bridgehead atoms. The van der Waals surface area contributed by atoms with Gasteiger partial charge in [0, 0.05) is 24.3 Å². The van der Waals surface area contributed by atoms with E-state index in [-0.39, 0.29) is 6.10 Å². The first-order valence-corrected chi connectivity index (χ1v) is 6.95. The lowest BCUT2D eigenvalue weighted by Crippen LogP contribution is -2.43. The fraction of sp³-hybridized carbons (Fsp3) is 0.600. The number of para-hydroxylation sites is 1. The minimum atomic E-state index is -0.360. The number of benzene rings is 1. The molecule has 0 saturated carbocycles. The largest absolute Gasteiger partial charge is 0.388 e. The third-order valence-corrected chi connectivity index (χ3v) is 4.07. The standard InChI is InChI=1S/C15H21NO2/c1-2-15(17)13-5-3-4-6-14(13)16-9-11-7-8-12(10-16)18-11/h3-6,11-12,15,17H,2,7-10H2,1H3. The summed E-state index contributed by atoms with van der Waals surface area (Å²) in [5, 5.41) is 10.1. The molecule has 2 aliphatic rings. The van der Waals surface area contributed by atoms with E-state index in [1.54, 1.807) is 0 Å². The summed E-state index contributed by atoms with van der Waals surface area (Å²) in [4.78, 5) is 2.39. The molecule has 3 unspecified atom stereocenters. The minimum Gasteiger partial charge on any atom is -0.388 e. The van der Waals surface area contributed by atoms with Crippen LogP contribution in [0.2, 0.25) is 0 Å². The van der Waals surface area contributed by atoms with Gasteiger partial charge in [0.25, 0.3) is 0 Å². The lowest BCUT2D eigenvalue weighted by atomic mass is 10.0. The van der Waals surface area contributed by atoms with Gasteiger partial charge in [-0.15, -0.1) is 0 Å². The van der Waals surface area contributed by atoms with Crippen molar-refractivity contribution in [2.45, 2.75) is 44.5 Å². The molecule has 0 amide bonds. The van der Waals surface area contributed by atoms with Crippen molar-refractivity contribution in [3.05, 3.63) is 29.8 Å². The number of nitrogens with zero attached hydrogens (tertiary/aromatic N) is 1. The van der Waals surface area contributed by atoms with E-state index >= 15 is 0 Å². The van der Waals surface area contributed by atoms with Crippen molar-refractivity contribution in [2.75, 3.05) is 18.0 Å². The maximum Gasteiger partial charge on any atom is 0.0807 e. The summed E-state index contributed by atoms with van der Waals surface area (Å²) >= 11 is 0. The summed E-state index contributed by atoms with van der Waals surface area (Å²) in [7, 11) is 0. The lowest BCUT2D eigenvalue weighted by Gasteiger charge is -2.35. The van der Waals surface area contributed by atoms with E-state index in [4.69, 9.17) is 4.74 Å². The van der Waals surface area contributed by atoms with E-state index in [1.165, 1.54) is 18.5 Å². The molecule has 1 aromatic rings. The van der Waals surface area contributed by atoms with Crippen LogP contribution in [0.5, 0.6) is 0 Å². The molecule has 2 aliphatic heterocycles. The van der Waals surface area contributed by atoms with E-state index in [9.17, 15) is 5.11 Å². The Morgan fingerprint density at radius 2 is 1.94 bits per heavy atom. The van der Waals surface area contributed by atoms with Crippen LogP contribution in [0.1, 0.15) is 37.9 Å². The number of ether oxygens (including phenoxy) is 1. The van der Waals surface area contributed by atoms with Gasteiger partial charge in [0.1, 0.15) is 0 Å². The fourth-order valence-corrected chi connectivity index (χ4v) is 3.09. The van der Waals surface area contributed by atoms with Crippen LogP contribution in [0.15, 0.2) is 24.3 Å². The number of morpholine rings is 1. The number of hydrogen-bond acceptors (Lipinski definition) is 3. The van der Waals surface area contributed by atoms with Crippen molar-refractivity contribution in [1.29, 1.82) is 0 Å². The molecule has 3 atom stereocenters. The summed E-state index contributed by atoms with van der Waals surface area (Å²) in [6, 6.07) is 8.23. The summed E-state index contributed by atoms with van der Waals surface area (Å²) in [5.74, 6) is 0. The van der Waals surface area contributed by atoms with Gasteiger partial charge in [0.2, 0.25) is 0 Å².